The number of piperidine rings is 1. The van der Waals surface area contributed by atoms with Gasteiger partial charge in [0.05, 0.1) is 5.69 Å². The number of pyridine rings is 3. The molecule has 3 saturated heterocycles. The van der Waals surface area contributed by atoms with Crippen LogP contribution in [0.5, 0.6) is 0 Å². The summed E-state index contributed by atoms with van der Waals surface area (Å²) in [5.74, 6) is 2.15. The van der Waals surface area contributed by atoms with E-state index >= 15 is 0 Å². The first kappa shape index (κ1) is 28.8. The molecule has 6 rings (SSSR count). The van der Waals surface area contributed by atoms with E-state index in [1.54, 1.807) is 0 Å². The van der Waals surface area contributed by atoms with E-state index in [9.17, 15) is 4.79 Å². The topological polar surface area (TPSA) is 86.7 Å². The van der Waals surface area contributed by atoms with Crippen molar-refractivity contribution < 1.29 is 9.53 Å². The van der Waals surface area contributed by atoms with E-state index < -0.39 is 0 Å². The molecule has 42 heavy (non-hydrogen) atoms. The molecule has 3 aliphatic rings. The number of aromatic nitrogens is 3. The lowest BCUT2D eigenvalue weighted by atomic mass is 9.92. The number of likely N-dealkylation sites (N-methyl/N-ethyl adjacent to an activating group) is 1. The van der Waals surface area contributed by atoms with Gasteiger partial charge in [-0.2, -0.15) is 0 Å². The Labute approximate surface area is 249 Å². The van der Waals surface area contributed by atoms with Crippen LogP contribution in [0.3, 0.4) is 0 Å². The molecule has 3 fully saturated rings. The summed E-state index contributed by atoms with van der Waals surface area (Å²) >= 11 is 0. The summed E-state index contributed by atoms with van der Waals surface area (Å²) < 4.78 is 5.51. The zero-order valence-electron chi connectivity index (χ0n) is 25.4. The number of carbonyl (C=O) groups excluding carboxylic acids is 1. The molecule has 0 radical (unpaired) electrons. The number of amides is 1. The molecule has 1 N–H and O–H groups in total. The van der Waals surface area contributed by atoms with Crippen LogP contribution in [0.25, 0.3) is 22.0 Å². The third kappa shape index (κ3) is 6.37. The van der Waals surface area contributed by atoms with Crippen molar-refractivity contribution in [3.05, 3.63) is 42.9 Å². The van der Waals surface area contributed by atoms with Crippen LogP contribution in [0.2, 0.25) is 0 Å². The van der Waals surface area contributed by atoms with Gasteiger partial charge in [-0.05, 0) is 89.7 Å². The predicted molar refractivity (Wildman–Crippen MR) is 168 cm³/mol. The Kier molecular flexibility index (Phi) is 8.58. The van der Waals surface area contributed by atoms with E-state index in [1.165, 1.54) is 12.8 Å². The van der Waals surface area contributed by atoms with E-state index in [-0.39, 0.29) is 17.4 Å². The SMILES string of the molecule is CN(C(=O)C1CCN(c2nc(-c3ccnc(NC4CCOCC4)c3)cc3cnccc23)CC1)C(C)(C)CN1CCCC1. The number of nitrogens with zero attached hydrogens (tertiary/aromatic N) is 6. The molecule has 1 amide bonds. The fraction of sp³-hybridized carbons (Fsp3) is 0.576. The maximum atomic E-state index is 13.6. The number of rotatable bonds is 8. The number of carbonyl (C=O) groups is 1. The fourth-order valence-electron chi connectivity index (χ4n) is 6.69. The lowest BCUT2D eigenvalue weighted by Crippen LogP contribution is -2.54. The fourth-order valence-corrected chi connectivity index (χ4v) is 6.69. The molecule has 6 heterocycles. The van der Waals surface area contributed by atoms with Gasteiger partial charge in [-0.1, -0.05) is 0 Å². The Bertz CT molecular complexity index is 1380. The van der Waals surface area contributed by atoms with Crippen LogP contribution in [0.4, 0.5) is 11.6 Å². The lowest BCUT2D eigenvalue weighted by molar-refractivity contribution is -0.140. The minimum atomic E-state index is -0.180. The first-order chi connectivity index (χ1) is 20.4. The second kappa shape index (κ2) is 12.5. The van der Waals surface area contributed by atoms with E-state index in [0.29, 0.717) is 6.04 Å². The summed E-state index contributed by atoms with van der Waals surface area (Å²) in [5, 5.41) is 5.74. The van der Waals surface area contributed by atoms with Crippen molar-refractivity contribution in [2.24, 2.45) is 5.92 Å². The highest BCUT2D eigenvalue weighted by atomic mass is 16.5. The molecule has 0 unspecified atom stereocenters. The molecule has 3 aromatic rings. The molecule has 224 valence electrons. The Morgan fingerprint density at radius 3 is 2.57 bits per heavy atom. The minimum absolute atomic E-state index is 0.0410. The predicted octanol–water partition coefficient (Wildman–Crippen LogP) is 4.83. The first-order valence-corrected chi connectivity index (χ1v) is 15.7. The smallest absolute Gasteiger partial charge is 0.226 e. The third-order valence-corrected chi connectivity index (χ3v) is 9.43. The van der Waals surface area contributed by atoms with Crippen LogP contribution < -0.4 is 10.2 Å². The number of ether oxygens (including phenoxy) is 1. The van der Waals surface area contributed by atoms with Gasteiger partial charge in [0.15, 0.2) is 0 Å². The van der Waals surface area contributed by atoms with Gasteiger partial charge in [0.2, 0.25) is 5.91 Å². The van der Waals surface area contributed by atoms with Gasteiger partial charge in [-0.15, -0.1) is 0 Å². The van der Waals surface area contributed by atoms with Crippen molar-refractivity contribution in [2.45, 2.75) is 64.0 Å². The molecule has 0 aromatic carbocycles. The van der Waals surface area contributed by atoms with Crippen LogP contribution in [0.1, 0.15) is 52.4 Å². The summed E-state index contributed by atoms with van der Waals surface area (Å²) in [5.41, 5.74) is 1.75. The van der Waals surface area contributed by atoms with Gasteiger partial charge in [-0.25, -0.2) is 9.97 Å². The van der Waals surface area contributed by atoms with E-state index in [0.717, 1.165) is 105 Å². The lowest BCUT2D eigenvalue weighted by Gasteiger charge is -2.42. The number of fused-ring (bicyclic) bond motifs is 1. The van der Waals surface area contributed by atoms with E-state index in [4.69, 9.17) is 9.72 Å². The van der Waals surface area contributed by atoms with Gasteiger partial charge in [0.25, 0.3) is 0 Å². The maximum absolute atomic E-state index is 13.6. The minimum Gasteiger partial charge on any atom is -0.381 e. The maximum Gasteiger partial charge on any atom is 0.226 e. The average molecular weight is 572 g/mol. The summed E-state index contributed by atoms with van der Waals surface area (Å²) in [6.07, 6.45) is 11.8. The van der Waals surface area contributed by atoms with Gasteiger partial charge >= 0.3 is 0 Å². The van der Waals surface area contributed by atoms with Crippen molar-refractivity contribution in [3.63, 3.8) is 0 Å². The van der Waals surface area contributed by atoms with Crippen molar-refractivity contribution >= 4 is 28.3 Å². The normalized spacial score (nSPS) is 19.4. The molecule has 9 nitrogen and oxygen atoms in total. The molecule has 0 bridgehead atoms. The highest BCUT2D eigenvalue weighted by Crippen LogP contribution is 2.33. The van der Waals surface area contributed by atoms with Crippen LogP contribution in [0, 0.1) is 5.92 Å². The Morgan fingerprint density at radius 2 is 1.81 bits per heavy atom. The number of anilines is 2. The summed E-state index contributed by atoms with van der Waals surface area (Å²) in [7, 11) is 2.00. The molecule has 0 saturated carbocycles. The second-order valence-electron chi connectivity index (χ2n) is 12.8. The Morgan fingerprint density at radius 1 is 1.05 bits per heavy atom. The molecule has 3 aliphatic heterocycles. The van der Waals surface area contributed by atoms with Gasteiger partial charge in [0, 0.05) is 92.3 Å². The van der Waals surface area contributed by atoms with Crippen LogP contribution in [-0.2, 0) is 9.53 Å². The molecule has 0 spiro atoms. The van der Waals surface area contributed by atoms with Crippen molar-refractivity contribution in [3.8, 4) is 11.3 Å². The quantitative estimate of drug-likeness (QED) is 0.412. The summed E-state index contributed by atoms with van der Waals surface area (Å²) in [4.78, 5) is 34.7. The van der Waals surface area contributed by atoms with E-state index in [1.807, 2.05) is 36.6 Å². The Balaban J connectivity index is 1.17. The molecule has 0 aliphatic carbocycles. The number of likely N-dealkylation sites (tertiary alicyclic amines) is 1. The van der Waals surface area contributed by atoms with E-state index in [2.05, 4.69) is 57.1 Å². The second-order valence-corrected chi connectivity index (χ2v) is 12.8. The van der Waals surface area contributed by atoms with Crippen molar-refractivity contribution in [2.75, 3.05) is 63.2 Å². The molecule has 0 atom stereocenters. The zero-order valence-corrected chi connectivity index (χ0v) is 25.4. The number of hydrogen-bond acceptors (Lipinski definition) is 8. The highest BCUT2D eigenvalue weighted by Gasteiger charge is 2.36. The number of nitrogens with one attached hydrogen (secondary N) is 1. The summed E-state index contributed by atoms with van der Waals surface area (Å²) in [6.45, 7) is 10.8. The number of hydrogen-bond donors (Lipinski definition) is 1. The van der Waals surface area contributed by atoms with Crippen molar-refractivity contribution in [1.82, 2.24) is 24.8 Å². The van der Waals surface area contributed by atoms with Gasteiger partial charge in [0.1, 0.15) is 11.6 Å². The van der Waals surface area contributed by atoms with Crippen molar-refractivity contribution in [1.29, 1.82) is 0 Å². The van der Waals surface area contributed by atoms with Crippen LogP contribution in [-0.4, -0.2) is 95.2 Å². The van der Waals surface area contributed by atoms with Crippen LogP contribution in [0.15, 0.2) is 42.9 Å². The third-order valence-electron chi connectivity index (χ3n) is 9.43. The molecular weight excluding hydrogens is 526 g/mol. The molecule has 9 heteroatoms. The average Bonchev–Trinajstić information content (AvgIpc) is 3.53. The monoisotopic (exact) mass is 571 g/mol. The first-order valence-electron chi connectivity index (χ1n) is 15.7. The van der Waals surface area contributed by atoms with Gasteiger partial charge in [-0.3, -0.25) is 9.78 Å². The van der Waals surface area contributed by atoms with Crippen LogP contribution >= 0.6 is 0 Å². The Hall–Kier alpha value is -3.30. The highest BCUT2D eigenvalue weighted by molar-refractivity contribution is 5.94. The zero-order chi connectivity index (χ0) is 29.1. The summed E-state index contributed by atoms with van der Waals surface area (Å²) in [6, 6.07) is 8.66. The molecule has 3 aromatic heterocycles. The standard InChI is InChI=1S/C33H45N7O2/c1-33(2,23-39-14-4-5-15-39)38(3)32(41)24-8-16-40(17-9-24)31-28-7-12-34-22-26(28)20-29(37-31)25-6-13-35-30(21-25)36-27-10-18-42-19-11-27/h6-7,12-13,20-22,24,27H,4-5,8-11,14-19,23H2,1-3H3,(H,35,36). The van der Waals surface area contributed by atoms with Gasteiger partial charge < -0.3 is 24.8 Å². The molecular formula is C33H45N7O2. The largest absolute Gasteiger partial charge is 0.381 e.